The number of carbonyl (C=O) groups is 2. The fraction of sp³-hybridized carbons (Fsp3) is 0.150. The second-order valence-corrected chi connectivity index (χ2v) is 7.82. The van der Waals surface area contributed by atoms with Gasteiger partial charge >= 0.3 is 5.97 Å². The highest BCUT2D eigenvalue weighted by molar-refractivity contribution is 9.10. The Bertz CT molecular complexity index is 1030. The number of thioether (sulfide) groups is 1. The minimum Gasteiger partial charge on any atom is -0.504 e. The molecule has 9 heteroatoms. The van der Waals surface area contributed by atoms with Gasteiger partial charge in [0.05, 0.1) is 23.3 Å². The molecule has 150 valence electrons. The van der Waals surface area contributed by atoms with E-state index in [0.29, 0.717) is 38.1 Å². The fourth-order valence-electron chi connectivity index (χ4n) is 2.63. The van der Waals surface area contributed by atoms with Crippen LogP contribution in [0.4, 0.5) is 5.69 Å². The number of amidine groups is 1. The average molecular weight is 477 g/mol. The number of rotatable bonds is 5. The predicted octanol–water partition coefficient (Wildman–Crippen LogP) is 4.49. The van der Waals surface area contributed by atoms with Crippen LogP contribution in [-0.2, 0) is 4.79 Å². The van der Waals surface area contributed by atoms with Crippen molar-refractivity contribution < 1.29 is 24.5 Å². The van der Waals surface area contributed by atoms with E-state index in [4.69, 9.17) is 9.84 Å². The minimum atomic E-state index is -1.01. The molecule has 7 nitrogen and oxygen atoms in total. The number of hydrogen-bond donors (Lipinski definition) is 2. The molecule has 0 unspecified atom stereocenters. The number of nitrogens with zero attached hydrogens (tertiary/aromatic N) is 2. The van der Waals surface area contributed by atoms with E-state index in [1.54, 1.807) is 29.2 Å². The summed E-state index contributed by atoms with van der Waals surface area (Å²) < 4.78 is 5.75. The molecule has 0 atom stereocenters. The van der Waals surface area contributed by atoms with E-state index in [1.807, 2.05) is 6.92 Å². The third-order valence-electron chi connectivity index (χ3n) is 4.13. The highest BCUT2D eigenvalue weighted by Gasteiger charge is 2.32. The summed E-state index contributed by atoms with van der Waals surface area (Å²) in [5, 5.41) is 19.4. The van der Waals surface area contributed by atoms with Crippen LogP contribution in [0.2, 0.25) is 0 Å². The Labute approximate surface area is 179 Å². The van der Waals surface area contributed by atoms with E-state index in [-0.39, 0.29) is 17.2 Å². The van der Waals surface area contributed by atoms with E-state index in [2.05, 4.69) is 20.9 Å². The highest BCUT2D eigenvalue weighted by atomic mass is 79.9. The molecule has 3 rings (SSSR count). The van der Waals surface area contributed by atoms with E-state index < -0.39 is 5.97 Å². The first-order chi connectivity index (χ1) is 13.8. The lowest BCUT2D eigenvalue weighted by Crippen LogP contribution is -2.28. The number of hydrogen-bond acceptors (Lipinski definition) is 6. The van der Waals surface area contributed by atoms with Crippen LogP contribution in [0, 0.1) is 0 Å². The number of likely N-dealkylation sites (N-methyl/N-ethyl adjacent to an activating group) is 1. The Hall–Kier alpha value is -2.78. The van der Waals surface area contributed by atoms with Crippen molar-refractivity contribution in [2.75, 3.05) is 13.7 Å². The fourth-order valence-corrected chi connectivity index (χ4v) is 4.13. The van der Waals surface area contributed by atoms with Crippen LogP contribution < -0.4 is 4.74 Å². The van der Waals surface area contributed by atoms with Crippen LogP contribution in [0.1, 0.15) is 22.8 Å². The van der Waals surface area contributed by atoms with Gasteiger partial charge in [0.1, 0.15) is 0 Å². The van der Waals surface area contributed by atoms with Crippen molar-refractivity contribution in [2.24, 2.45) is 4.99 Å². The van der Waals surface area contributed by atoms with Gasteiger partial charge in [-0.2, -0.15) is 0 Å². The maximum atomic E-state index is 12.8. The van der Waals surface area contributed by atoms with Crippen molar-refractivity contribution in [1.29, 1.82) is 0 Å². The number of aromatic hydroxyl groups is 1. The molecule has 2 N–H and O–H groups in total. The number of carboxylic acids is 1. The van der Waals surface area contributed by atoms with Crippen molar-refractivity contribution in [1.82, 2.24) is 4.90 Å². The summed E-state index contributed by atoms with van der Waals surface area (Å²) in [4.78, 5) is 30.3. The molecule has 1 aliphatic heterocycles. The Morgan fingerprint density at radius 2 is 2.00 bits per heavy atom. The van der Waals surface area contributed by atoms with Crippen LogP contribution in [0.5, 0.6) is 11.5 Å². The Morgan fingerprint density at radius 3 is 2.59 bits per heavy atom. The highest BCUT2D eigenvalue weighted by Crippen LogP contribution is 2.38. The molecule has 1 amide bonds. The van der Waals surface area contributed by atoms with Crippen LogP contribution in [-0.4, -0.2) is 45.8 Å². The van der Waals surface area contributed by atoms with Gasteiger partial charge in [-0.25, -0.2) is 9.79 Å². The minimum absolute atomic E-state index is 0.00540. The van der Waals surface area contributed by atoms with Gasteiger partial charge in [0.15, 0.2) is 16.7 Å². The van der Waals surface area contributed by atoms with E-state index in [9.17, 15) is 14.7 Å². The second-order valence-electron chi connectivity index (χ2n) is 5.95. The van der Waals surface area contributed by atoms with Crippen molar-refractivity contribution in [3.8, 4) is 11.5 Å². The van der Waals surface area contributed by atoms with Crippen LogP contribution in [0.15, 0.2) is 50.8 Å². The van der Waals surface area contributed by atoms with E-state index in [0.717, 1.165) is 0 Å². The normalized spacial score (nSPS) is 16.7. The van der Waals surface area contributed by atoms with Gasteiger partial charge in [0.25, 0.3) is 5.91 Å². The summed E-state index contributed by atoms with van der Waals surface area (Å²) in [5.41, 5.74) is 1.40. The van der Waals surface area contributed by atoms with Gasteiger partial charge in [-0.3, -0.25) is 9.69 Å². The molecule has 0 aliphatic carbocycles. The lowest BCUT2D eigenvalue weighted by molar-refractivity contribution is -0.122. The third-order valence-corrected chi connectivity index (χ3v) is 5.82. The first-order valence-corrected chi connectivity index (χ1v) is 10.1. The zero-order valence-electron chi connectivity index (χ0n) is 15.5. The molecule has 2 aromatic carbocycles. The first kappa shape index (κ1) is 20.9. The SMILES string of the molecule is CCN1C(=O)/C(=C/c2cc(OC)c(O)cc2Br)SC1=Nc1ccc(C(=O)O)cc1. The number of phenolic OH excluding ortho intramolecular Hbond substituents is 1. The molecule has 0 saturated carbocycles. The number of carboxylic acid groups (broad SMARTS) is 1. The third kappa shape index (κ3) is 4.46. The monoisotopic (exact) mass is 476 g/mol. The zero-order valence-corrected chi connectivity index (χ0v) is 18.0. The number of methoxy groups -OCH3 is 1. The largest absolute Gasteiger partial charge is 0.504 e. The van der Waals surface area contributed by atoms with E-state index in [1.165, 1.54) is 37.1 Å². The molecule has 0 spiro atoms. The van der Waals surface area contributed by atoms with Crippen molar-refractivity contribution in [2.45, 2.75) is 6.92 Å². The van der Waals surface area contributed by atoms with Crippen molar-refractivity contribution in [3.63, 3.8) is 0 Å². The summed E-state index contributed by atoms with van der Waals surface area (Å²) >= 11 is 4.61. The van der Waals surface area contributed by atoms with Gasteiger partial charge in [-0.05, 0) is 66.7 Å². The Kier molecular flexibility index (Phi) is 6.29. The van der Waals surface area contributed by atoms with Gasteiger partial charge in [0.2, 0.25) is 0 Å². The smallest absolute Gasteiger partial charge is 0.335 e. The number of phenols is 1. The number of ether oxygens (including phenoxy) is 1. The molecule has 2 aromatic rings. The molecule has 1 fully saturated rings. The molecular formula is C20H17BrN2O5S. The van der Waals surface area contributed by atoms with Crippen LogP contribution >= 0.6 is 27.7 Å². The van der Waals surface area contributed by atoms with Crippen LogP contribution in [0.25, 0.3) is 6.08 Å². The molecular weight excluding hydrogens is 460 g/mol. The Morgan fingerprint density at radius 1 is 1.31 bits per heavy atom. The van der Waals surface area contributed by atoms with E-state index >= 15 is 0 Å². The molecule has 1 saturated heterocycles. The predicted molar refractivity (Wildman–Crippen MR) is 116 cm³/mol. The molecule has 0 bridgehead atoms. The number of carbonyl (C=O) groups excluding carboxylic acids is 1. The number of benzene rings is 2. The van der Waals surface area contributed by atoms with Crippen LogP contribution in [0.3, 0.4) is 0 Å². The number of amides is 1. The summed E-state index contributed by atoms with van der Waals surface area (Å²) in [6.07, 6.45) is 1.71. The summed E-state index contributed by atoms with van der Waals surface area (Å²) in [6, 6.07) is 9.27. The standard InChI is InChI=1S/C20H17BrN2O5S/c1-3-23-18(25)17(9-12-8-16(28-2)15(24)10-14(12)21)29-20(23)22-13-6-4-11(5-7-13)19(26)27/h4-10,24H,3H2,1-2H3,(H,26,27)/b17-9-,22-20?. The van der Waals surface area contributed by atoms with Gasteiger partial charge in [-0.1, -0.05) is 15.9 Å². The molecule has 0 aromatic heterocycles. The van der Waals surface area contributed by atoms with Crippen molar-refractivity contribution in [3.05, 3.63) is 56.9 Å². The molecule has 29 heavy (non-hydrogen) atoms. The number of halogens is 1. The zero-order chi connectivity index (χ0) is 21.1. The quantitative estimate of drug-likeness (QED) is 0.616. The van der Waals surface area contributed by atoms with Gasteiger partial charge in [0, 0.05) is 11.0 Å². The molecule has 1 aliphatic rings. The maximum Gasteiger partial charge on any atom is 0.335 e. The number of aromatic carboxylic acids is 1. The topological polar surface area (TPSA) is 99.4 Å². The summed E-state index contributed by atoms with van der Waals surface area (Å²) in [6.45, 7) is 2.29. The first-order valence-electron chi connectivity index (χ1n) is 8.54. The maximum absolute atomic E-state index is 12.8. The lowest BCUT2D eigenvalue weighted by Gasteiger charge is -2.12. The average Bonchev–Trinajstić information content (AvgIpc) is 2.98. The van der Waals surface area contributed by atoms with Crippen molar-refractivity contribution >= 4 is 56.5 Å². The molecule has 1 heterocycles. The lowest BCUT2D eigenvalue weighted by atomic mass is 10.2. The number of aliphatic imine (C=N–C) groups is 1. The summed E-state index contributed by atoms with van der Waals surface area (Å²) in [7, 11) is 1.45. The Balaban J connectivity index is 1.95. The molecule has 0 radical (unpaired) electrons. The summed E-state index contributed by atoms with van der Waals surface area (Å²) in [5.74, 6) is -0.897. The van der Waals surface area contributed by atoms with Gasteiger partial charge in [-0.15, -0.1) is 0 Å². The van der Waals surface area contributed by atoms with Gasteiger partial charge < -0.3 is 14.9 Å². The second kappa shape index (κ2) is 8.71.